The number of hydrogen-bond acceptors (Lipinski definition) is 5. The van der Waals surface area contributed by atoms with Crippen molar-refractivity contribution in [3.05, 3.63) is 47.7 Å². The summed E-state index contributed by atoms with van der Waals surface area (Å²) >= 11 is 4.65. The van der Waals surface area contributed by atoms with Gasteiger partial charge in [-0.15, -0.1) is 0 Å². The molecule has 27 heavy (non-hydrogen) atoms. The Balaban J connectivity index is 1.60. The maximum atomic E-state index is 12.9. The highest BCUT2D eigenvalue weighted by Crippen LogP contribution is 2.32. The number of furan rings is 1. The van der Waals surface area contributed by atoms with Gasteiger partial charge in [0.2, 0.25) is 0 Å². The fourth-order valence-corrected chi connectivity index (χ4v) is 2.86. The highest BCUT2D eigenvalue weighted by atomic mass is 32.1. The van der Waals surface area contributed by atoms with E-state index in [9.17, 15) is 13.2 Å². The molecule has 0 unspecified atom stereocenters. The van der Waals surface area contributed by atoms with E-state index in [-0.39, 0.29) is 5.11 Å². The SMILES string of the molecule is NC(=S)N/N=C/c1ccc(N2CCN(c3cccc(C(F)(F)F)c3)CC2)o1. The molecule has 1 aliphatic rings. The van der Waals surface area contributed by atoms with Gasteiger partial charge in [0.25, 0.3) is 0 Å². The van der Waals surface area contributed by atoms with Gasteiger partial charge in [0, 0.05) is 37.9 Å². The van der Waals surface area contributed by atoms with Gasteiger partial charge in [-0.3, -0.25) is 5.43 Å². The van der Waals surface area contributed by atoms with E-state index in [1.54, 1.807) is 12.1 Å². The third kappa shape index (κ3) is 4.91. The quantitative estimate of drug-likeness (QED) is 0.470. The number of piperazine rings is 1. The Hall–Kier alpha value is -2.75. The summed E-state index contributed by atoms with van der Waals surface area (Å²) in [6, 6.07) is 8.98. The van der Waals surface area contributed by atoms with Crippen LogP contribution in [-0.2, 0) is 6.18 Å². The van der Waals surface area contributed by atoms with Crippen LogP contribution in [0.2, 0.25) is 0 Å². The number of hydrazone groups is 1. The molecule has 0 amide bonds. The second-order valence-corrected chi connectivity index (χ2v) is 6.37. The molecular weight excluding hydrogens is 379 g/mol. The Morgan fingerprint density at radius 2 is 1.85 bits per heavy atom. The molecule has 6 nitrogen and oxygen atoms in total. The van der Waals surface area contributed by atoms with Crippen LogP contribution in [0.15, 0.2) is 45.9 Å². The molecule has 2 aromatic rings. The van der Waals surface area contributed by atoms with Gasteiger partial charge < -0.3 is 20.0 Å². The second kappa shape index (κ2) is 7.87. The lowest BCUT2D eigenvalue weighted by Gasteiger charge is -2.36. The van der Waals surface area contributed by atoms with Gasteiger partial charge in [0.05, 0.1) is 11.8 Å². The number of thiocarbonyl (C=S) groups is 1. The van der Waals surface area contributed by atoms with E-state index in [4.69, 9.17) is 10.2 Å². The lowest BCUT2D eigenvalue weighted by molar-refractivity contribution is -0.137. The Morgan fingerprint density at radius 3 is 2.52 bits per heavy atom. The zero-order valence-electron chi connectivity index (χ0n) is 14.2. The average molecular weight is 397 g/mol. The molecule has 0 atom stereocenters. The number of nitrogens with one attached hydrogen (secondary N) is 1. The van der Waals surface area contributed by atoms with E-state index in [0.717, 1.165) is 6.07 Å². The zero-order chi connectivity index (χ0) is 19.4. The summed E-state index contributed by atoms with van der Waals surface area (Å²) in [4.78, 5) is 3.96. The van der Waals surface area contributed by atoms with Crippen molar-refractivity contribution in [2.45, 2.75) is 6.18 Å². The topological polar surface area (TPSA) is 70.0 Å². The first-order valence-electron chi connectivity index (χ1n) is 8.18. The molecule has 1 aromatic carbocycles. The maximum absolute atomic E-state index is 12.9. The molecule has 0 spiro atoms. The van der Waals surface area contributed by atoms with Gasteiger partial charge in [-0.05, 0) is 36.5 Å². The molecule has 0 bridgehead atoms. The van der Waals surface area contributed by atoms with E-state index in [0.29, 0.717) is 43.5 Å². The highest BCUT2D eigenvalue weighted by molar-refractivity contribution is 7.80. The van der Waals surface area contributed by atoms with E-state index >= 15 is 0 Å². The highest BCUT2D eigenvalue weighted by Gasteiger charge is 2.31. The molecule has 144 valence electrons. The van der Waals surface area contributed by atoms with Crippen LogP contribution in [0, 0.1) is 0 Å². The summed E-state index contributed by atoms with van der Waals surface area (Å²) in [5.74, 6) is 1.21. The smallest absolute Gasteiger partial charge is 0.416 e. The van der Waals surface area contributed by atoms with Gasteiger partial charge in [0.1, 0.15) is 5.76 Å². The van der Waals surface area contributed by atoms with Crippen molar-refractivity contribution in [3.8, 4) is 0 Å². The van der Waals surface area contributed by atoms with Crippen LogP contribution in [0.4, 0.5) is 24.7 Å². The Labute approximate surface area is 159 Å². The predicted octanol–water partition coefficient (Wildman–Crippen LogP) is 2.79. The molecule has 0 saturated carbocycles. The van der Waals surface area contributed by atoms with Gasteiger partial charge in [-0.2, -0.15) is 18.3 Å². The summed E-state index contributed by atoms with van der Waals surface area (Å²) in [5.41, 5.74) is 7.65. The first-order valence-corrected chi connectivity index (χ1v) is 8.59. The van der Waals surface area contributed by atoms with Crippen molar-refractivity contribution in [1.82, 2.24) is 5.43 Å². The molecular formula is C17H18F3N5OS. The summed E-state index contributed by atoms with van der Waals surface area (Å²) in [5, 5.41) is 3.88. The molecule has 0 aliphatic carbocycles. The van der Waals surface area contributed by atoms with Crippen LogP contribution < -0.4 is 21.0 Å². The molecule has 3 N–H and O–H groups in total. The summed E-state index contributed by atoms with van der Waals surface area (Å²) < 4.78 is 44.4. The van der Waals surface area contributed by atoms with Crippen molar-refractivity contribution < 1.29 is 17.6 Å². The Kier molecular flexibility index (Phi) is 5.54. The third-order valence-electron chi connectivity index (χ3n) is 4.11. The number of nitrogens with two attached hydrogens (primary N) is 1. The summed E-state index contributed by atoms with van der Waals surface area (Å²) in [6.45, 7) is 2.44. The minimum atomic E-state index is -4.34. The minimum Gasteiger partial charge on any atom is -0.440 e. The van der Waals surface area contributed by atoms with Crippen LogP contribution in [0.1, 0.15) is 11.3 Å². The Morgan fingerprint density at radius 1 is 1.15 bits per heavy atom. The fraction of sp³-hybridized carbons (Fsp3) is 0.294. The molecule has 1 fully saturated rings. The maximum Gasteiger partial charge on any atom is 0.416 e. The number of alkyl halides is 3. The minimum absolute atomic E-state index is 0.0590. The molecule has 2 heterocycles. The van der Waals surface area contributed by atoms with Crippen LogP contribution in [0.25, 0.3) is 0 Å². The number of nitrogens with zero attached hydrogens (tertiary/aromatic N) is 3. The van der Waals surface area contributed by atoms with Gasteiger partial charge >= 0.3 is 6.18 Å². The second-order valence-electron chi connectivity index (χ2n) is 5.93. The van der Waals surface area contributed by atoms with E-state index in [2.05, 4.69) is 22.7 Å². The molecule has 1 aliphatic heterocycles. The van der Waals surface area contributed by atoms with Crippen molar-refractivity contribution in [2.75, 3.05) is 36.0 Å². The van der Waals surface area contributed by atoms with Gasteiger partial charge in [-0.1, -0.05) is 6.07 Å². The number of benzene rings is 1. The van der Waals surface area contributed by atoms with Crippen LogP contribution >= 0.6 is 12.2 Å². The van der Waals surface area contributed by atoms with Crippen molar-refractivity contribution >= 4 is 35.1 Å². The Bertz CT molecular complexity index is 828. The number of halogens is 3. The summed E-state index contributed by atoms with van der Waals surface area (Å²) in [7, 11) is 0. The van der Waals surface area contributed by atoms with Crippen molar-refractivity contribution in [3.63, 3.8) is 0 Å². The lowest BCUT2D eigenvalue weighted by atomic mass is 10.1. The van der Waals surface area contributed by atoms with Gasteiger partial charge in [-0.25, -0.2) is 0 Å². The first-order chi connectivity index (χ1) is 12.8. The number of hydrogen-bond donors (Lipinski definition) is 2. The fourth-order valence-electron chi connectivity index (χ4n) is 2.81. The largest absolute Gasteiger partial charge is 0.440 e. The van der Waals surface area contributed by atoms with Crippen LogP contribution in [0.3, 0.4) is 0 Å². The van der Waals surface area contributed by atoms with Gasteiger partial charge in [0.15, 0.2) is 11.0 Å². The van der Waals surface area contributed by atoms with Crippen LogP contribution in [0.5, 0.6) is 0 Å². The van der Waals surface area contributed by atoms with E-state index in [1.165, 1.54) is 18.3 Å². The number of anilines is 2. The van der Waals surface area contributed by atoms with E-state index < -0.39 is 11.7 Å². The molecule has 1 aromatic heterocycles. The molecule has 0 radical (unpaired) electrons. The van der Waals surface area contributed by atoms with E-state index in [1.807, 2.05) is 15.9 Å². The zero-order valence-corrected chi connectivity index (χ0v) is 15.1. The standard InChI is InChI=1S/C17H18F3N5OS/c18-17(19,20)12-2-1-3-13(10-12)24-6-8-25(9-7-24)15-5-4-14(26-15)11-22-23-16(21)27/h1-5,10-11H,6-9H2,(H3,21,23,27)/b22-11+. The molecule has 3 rings (SSSR count). The first kappa shape index (κ1) is 19.0. The predicted molar refractivity (Wildman–Crippen MR) is 102 cm³/mol. The lowest BCUT2D eigenvalue weighted by Crippen LogP contribution is -2.46. The van der Waals surface area contributed by atoms with Crippen molar-refractivity contribution in [1.29, 1.82) is 0 Å². The van der Waals surface area contributed by atoms with Crippen molar-refractivity contribution in [2.24, 2.45) is 10.8 Å². The monoisotopic (exact) mass is 397 g/mol. The molecule has 10 heteroatoms. The third-order valence-corrected chi connectivity index (χ3v) is 4.20. The number of rotatable bonds is 4. The summed E-state index contributed by atoms with van der Waals surface area (Å²) in [6.07, 6.45) is -2.88. The average Bonchev–Trinajstić information content (AvgIpc) is 3.10. The normalized spacial score (nSPS) is 15.4. The molecule has 1 saturated heterocycles. The van der Waals surface area contributed by atoms with Crippen LogP contribution in [-0.4, -0.2) is 37.5 Å².